The van der Waals surface area contributed by atoms with Gasteiger partial charge < -0.3 is 4.74 Å². The second-order valence-electron chi connectivity index (χ2n) is 2.59. The van der Waals surface area contributed by atoms with Crippen molar-refractivity contribution in [2.75, 3.05) is 6.26 Å². The number of hydrogen-bond acceptors (Lipinski definition) is 2. The van der Waals surface area contributed by atoms with Crippen molar-refractivity contribution in [3.63, 3.8) is 0 Å². The normalized spacial score (nSPS) is 15.0. The molecule has 0 spiro atoms. The Bertz CT molecular complexity index is 270. The average molecular weight is 166 g/mol. The van der Waals surface area contributed by atoms with Crippen molar-refractivity contribution >= 4 is 11.8 Å². The Labute approximate surface area is 70.8 Å². The minimum Gasteiger partial charge on any atom is -0.372 e. The van der Waals surface area contributed by atoms with Crippen LogP contribution in [0.15, 0.2) is 23.1 Å². The lowest BCUT2D eigenvalue weighted by molar-refractivity contribution is 0.133. The third-order valence-electron chi connectivity index (χ3n) is 1.95. The standard InChI is InChI=1S/C9H10OS/c1-11-9-4-2-3-7-5-10-6-8(7)9/h2-4H,5-6H2,1H3. The van der Waals surface area contributed by atoms with Crippen molar-refractivity contribution < 1.29 is 4.74 Å². The van der Waals surface area contributed by atoms with Gasteiger partial charge in [-0.1, -0.05) is 12.1 Å². The summed E-state index contributed by atoms with van der Waals surface area (Å²) in [7, 11) is 0. The maximum Gasteiger partial charge on any atom is 0.0735 e. The van der Waals surface area contributed by atoms with Gasteiger partial charge in [-0.25, -0.2) is 0 Å². The van der Waals surface area contributed by atoms with Crippen molar-refractivity contribution in [1.82, 2.24) is 0 Å². The predicted octanol–water partition coefficient (Wildman–Crippen LogP) is 2.44. The van der Waals surface area contributed by atoms with Gasteiger partial charge in [0.15, 0.2) is 0 Å². The largest absolute Gasteiger partial charge is 0.372 e. The minimum atomic E-state index is 0.795. The summed E-state index contributed by atoms with van der Waals surface area (Å²) >= 11 is 1.79. The highest BCUT2D eigenvalue weighted by Crippen LogP contribution is 2.28. The highest BCUT2D eigenvalue weighted by molar-refractivity contribution is 7.98. The lowest BCUT2D eigenvalue weighted by atomic mass is 10.1. The van der Waals surface area contributed by atoms with E-state index >= 15 is 0 Å². The highest BCUT2D eigenvalue weighted by atomic mass is 32.2. The molecule has 1 aromatic rings. The first-order chi connectivity index (χ1) is 5.42. The summed E-state index contributed by atoms with van der Waals surface area (Å²) in [5.41, 5.74) is 2.75. The highest BCUT2D eigenvalue weighted by Gasteiger charge is 2.13. The molecular weight excluding hydrogens is 156 g/mol. The van der Waals surface area contributed by atoms with E-state index in [0.29, 0.717) is 0 Å². The van der Waals surface area contributed by atoms with Crippen LogP contribution >= 0.6 is 11.8 Å². The maximum absolute atomic E-state index is 5.34. The van der Waals surface area contributed by atoms with Crippen LogP contribution in [-0.2, 0) is 18.0 Å². The summed E-state index contributed by atoms with van der Waals surface area (Å²) in [6, 6.07) is 6.39. The first kappa shape index (κ1) is 7.19. The van der Waals surface area contributed by atoms with Crippen LogP contribution in [0.4, 0.5) is 0 Å². The molecule has 0 atom stereocenters. The average Bonchev–Trinajstić information content (AvgIpc) is 2.50. The number of rotatable bonds is 1. The van der Waals surface area contributed by atoms with E-state index in [0.717, 1.165) is 13.2 Å². The first-order valence-corrected chi connectivity index (χ1v) is 4.87. The lowest BCUT2D eigenvalue weighted by Gasteiger charge is -2.01. The molecule has 0 fully saturated rings. The van der Waals surface area contributed by atoms with E-state index in [-0.39, 0.29) is 0 Å². The van der Waals surface area contributed by atoms with Gasteiger partial charge in [-0.2, -0.15) is 0 Å². The SMILES string of the molecule is CSc1cccc2c1COC2. The molecule has 0 bridgehead atoms. The van der Waals surface area contributed by atoms with Gasteiger partial charge in [0.05, 0.1) is 13.2 Å². The molecule has 0 radical (unpaired) electrons. The fraction of sp³-hybridized carbons (Fsp3) is 0.333. The Balaban J connectivity index is 2.50. The third-order valence-corrected chi connectivity index (χ3v) is 2.78. The van der Waals surface area contributed by atoms with Crippen LogP contribution in [0.1, 0.15) is 11.1 Å². The number of thioether (sulfide) groups is 1. The van der Waals surface area contributed by atoms with Gasteiger partial charge in [0, 0.05) is 4.90 Å². The molecule has 0 saturated heterocycles. The van der Waals surface area contributed by atoms with Gasteiger partial charge in [0.2, 0.25) is 0 Å². The Kier molecular flexibility index (Phi) is 1.88. The van der Waals surface area contributed by atoms with E-state index in [1.165, 1.54) is 16.0 Å². The van der Waals surface area contributed by atoms with Crippen LogP contribution in [-0.4, -0.2) is 6.26 Å². The van der Waals surface area contributed by atoms with Crippen LogP contribution in [0.5, 0.6) is 0 Å². The Morgan fingerprint density at radius 3 is 3.09 bits per heavy atom. The molecule has 0 unspecified atom stereocenters. The summed E-state index contributed by atoms with van der Waals surface area (Å²) in [6.45, 7) is 1.59. The Morgan fingerprint density at radius 1 is 1.36 bits per heavy atom. The van der Waals surface area contributed by atoms with Crippen molar-refractivity contribution in [2.24, 2.45) is 0 Å². The summed E-state index contributed by atoms with van der Waals surface area (Å²) in [4.78, 5) is 1.36. The predicted molar refractivity (Wildman–Crippen MR) is 46.7 cm³/mol. The van der Waals surface area contributed by atoms with Crippen molar-refractivity contribution in [2.45, 2.75) is 18.1 Å². The zero-order valence-electron chi connectivity index (χ0n) is 6.46. The maximum atomic E-state index is 5.34. The van der Waals surface area contributed by atoms with Crippen LogP contribution in [0.25, 0.3) is 0 Å². The van der Waals surface area contributed by atoms with Gasteiger partial charge >= 0.3 is 0 Å². The van der Waals surface area contributed by atoms with Crippen molar-refractivity contribution in [1.29, 1.82) is 0 Å². The van der Waals surface area contributed by atoms with Crippen LogP contribution in [0.3, 0.4) is 0 Å². The van der Waals surface area contributed by atoms with E-state index in [1.807, 2.05) is 0 Å². The van der Waals surface area contributed by atoms with E-state index < -0.39 is 0 Å². The number of fused-ring (bicyclic) bond motifs is 1. The minimum absolute atomic E-state index is 0.795. The molecule has 1 heterocycles. The molecule has 0 saturated carbocycles. The fourth-order valence-electron chi connectivity index (χ4n) is 1.36. The molecule has 58 valence electrons. The smallest absolute Gasteiger partial charge is 0.0735 e. The lowest BCUT2D eigenvalue weighted by Crippen LogP contribution is -1.84. The summed E-state index contributed by atoms with van der Waals surface area (Å²) < 4.78 is 5.34. The van der Waals surface area contributed by atoms with Gasteiger partial charge in [0.25, 0.3) is 0 Å². The van der Waals surface area contributed by atoms with Crippen LogP contribution in [0, 0.1) is 0 Å². The van der Waals surface area contributed by atoms with E-state index in [2.05, 4.69) is 24.5 Å². The van der Waals surface area contributed by atoms with E-state index in [4.69, 9.17) is 4.74 Å². The fourth-order valence-corrected chi connectivity index (χ4v) is 2.02. The topological polar surface area (TPSA) is 9.23 Å². The van der Waals surface area contributed by atoms with Gasteiger partial charge in [-0.05, 0) is 23.4 Å². The summed E-state index contributed by atoms with van der Waals surface area (Å²) in [5.74, 6) is 0. The zero-order valence-corrected chi connectivity index (χ0v) is 7.28. The molecular formula is C9H10OS. The molecule has 1 aliphatic rings. The number of hydrogen-bond donors (Lipinski definition) is 0. The second kappa shape index (κ2) is 2.88. The monoisotopic (exact) mass is 166 g/mol. The van der Waals surface area contributed by atoms with Gasteiger partial charge in [-0.15, -0.1) is 11.8 Å². The van der Waals surface area contributed by atoms with E-state index in [1.54, 1.807) is 11.8 Å². The van der Waals surface area contributed by atoms with Crippen LogP contribution in [0.2, 0.25) is 0 Å². The van der Waals surface area contributed by atoms with Crippen LogP contribution < -0.4 is 0 Å². The molecule has 0 aliphatic carbocycles. The number of ether oxygens (including phenoxy) is 1. The Hall–Kier alpha value is -0.470. The Morgan fingerprint density at radius 2 is 2.27 bits per heavy atom. The molecule has 1 aliphatic heterocycles. The molecule has 0 N–H and O–H groups in total. The first-order valence-electron chi connectivity index (χ1n) is 3.64. The molecule has 0 amide bonds. The van der Waals surface area contributed by atoms with Gasteiger partial charge in [0.1, 0.15) is 0 Å². The second-order valence-corrected chi connectivity index (χ2v) is 3.44. The van der Waals surface area contributed by atoms with Crippen molar-refractivity contribution in [3.05, 3.63) is 29.3 Å². The number of benzene rings is 1. The quantitative estimate of drug-likeness (QED) is 0.593. The molecule has 1 nitrogen and oxygen atoms in total. The van der Waals surface area contributed by atoms with Crippen molar-refractivity contribution in [3.8, 4) is 0 Å². The van der Waals surface area contributed by atoms with Gasteiger partial charge in [-0.3, -0.25) is 0 Å². The summed E-state index contributed by atoms with van der Waals surface area (Å²) in [6.07, 6.45) is 2.11. The zero-order chi connectivity index (χ0) is 7.68. The third kappa shape index (κ3) is 1.17. The molecule has 0 aromatic heterocycles. The molecule has 1 aromatic carbocycles. The summed E-state index contributed by atoms with van der Waals surface area (Å²) in [5, 5.41) is 0. The molecule has 11 heavy (non-hydrogen) atoms. The van der Waals surface area contributed by atoms with E-state index in [9.17, 15) is 0 Å². The molecule has 2 rings (SSSR count). The molecule has 2 heteroatoms.